The van der Waals surface area contributed by atoms with Gasteiger partial charge in [0.2, 0.25) is 0 Å². The van der Waals surface area contributed by atoms with Gasteiger partial charge in [0.25, 0.3) is 0 Å². The molecule has 0 aromatic heterocycles. The fourth-order valence-corrected chi connectivity index (χ4v) is 2.92. The molecule has 0 radical (unpaired) electrons. The van der Waals surface area contributed by atoms with Crippen LogP contribution >= 0.6 is 15.9 Å². The van der Waals surface area contributed by atoms with Crippen LogP contribution in [0.25, 0.3) is 0 Å². The number of hydrogen-bond acceptors (Lipinski definition) is 3. The molecule has 1 aromatic rings. The highest BCUT2D eigenvalue weighted by Crippen LogP contribution is 2.16. The van der Waals surface area contributed by atoms with Crippen LogP contribution in [0.15, 0.2) is 28.7 Å². The Balaban J connectivity index is 1.83. The predicted octanol–water partition coefficient (Wildman–Crippen LogP) is 2.52. The number of rotatable bonds is 5. The summed E-state index contributed by atoms with van der Waals surface area (Å²) in [5.41, 5.74) is 0.790. The number of likely N-dealkylation sites (N-methyl/N-ethyl adjacent to an activating group) is 1. The predicted molar refractivity (Wildman–Crippen MR) is 81.6 cm³/mol. The van der Waals surface area contributed by atoms with Crippen molar-refractivity contribution in [3.63, 3.8) is 0 Å². The van der Waals surface area contributed by atoms with Crippen LogP contribution in [0.3, 0.4) is 0 Å². The molecule has 2 rings (SSSR count). The van der Waals surface area contributed by atoms with Gasteiger partial charge in [-0.1, -0.05) is 28.1 Å². The average molecular weight is 325 g/mol. The van der Waals surface area contributed by atoms with Crippen molar-refractivity contribution in [3.05, 3.63) is 34.3 Å². The first-order chi connectivity index (χ1) is 9.04. The third-order valence-corrected chi connectivity index (χ3v) is 4.17. The van der Waals surface area contributed by atoms with Crippen molar-refractivity contribution in [2.75, 3.05) is 40.3 Å². The van der Waals surface area contributed by atoms with Crippen molar-refractivity contribution >= 4 is 21.7 Å². The maximum atomic E-state index is 12.1. The van der Waals surface area contributed by atoms with Gasteiger partial charge in [0, 0.05) is 23.1 Å². The number of ketones is 1. The minimum Gasteiger partial charge on any atom is -0.306 e. The lowest BCUT2D eigenvalue weighted by Gasteiger charge is -2.20. The molecule has 19 heavy (non-hydrogen) atoms. The lowest BCUT2D eigenvalue weighted by molar-refractivity contribution is 0.0938. The summed E-state index contributed by atoms with van der Waals surface area (Å²) >= 11 is 3.38. The second-order valence-corrected chi connectivity index (χ2v) is 6.46. The summed E-state index contributed by atoms with van der Waals surface area (Å²) in [7, 11) is 4.20. The van der Waals surface area contributed by atoms with Crippen molar-refractivity contribution < 1.29 is 4.79 Å². The zero-order valence-electron chi connectivity index (χ0n) is 11.6. The van der Waals surface area contributed by atoms with Crippen LogP contribution in [-0.4, -0.2) is 55.9 Å². The molecule has 1 heterocycles. The summed E-state index contributed by atoms with van der Waals surface area (Å²) in [5, 5.41) is 0. The maximum absolute atomic E-state index is 12.1. The van der Waals surface area contributed by atoms with E-state index in [0.29, 0.717) is 12.5 Å². The van der Waals surface area contributed by atoms with Gasteiger partial charge in [-0.2, -0.15) is 0 Å². The maximum Gasteiger partial charge on any atom is 0.176 e. The van der Waals surface area contributed by atoms with Crippen LogP contribution in [0.2, 0.25) is 0 Å². The van der Waals surface area contributed by atoms with Gasteiger partial charge in [0.1, 0.15) is 0 Å². The largest absolute Gasteiger partial charge is 0.306 e. The minimum atomic E-state index is 0.196. The van der Waals surface area contributed by atoms with Crippen LogP contribution in [0.5, 0.6) is 0 Å². The van der Waals surface area contributed by atoms with Gasteiger partial charge in [-0.05, 0) is 45.1 Å². The molecule has 3 nitrogen and oxygen atoms in total. The van der Waals surface area contributed by atoms with Gasteiger partial charge in [0.05, 0.1) is 6.54 Å². The van der Waals surface area contributed by atoms with Crippen molar-refractivity contribution in [3.8, 4) is 0 Å². The summed E-state index contributed by atoms with van der Waals surface area (Å²) in [6, 6.07) is 7.59. The monoisotopic (exact) mass is 324 g/mol. The first-order valence-corrected chi connectivity index (χ1v) is 7.50. The molecule has 1 unspecified atom stereocenters. The zero-order valence-corrected chi connectivity index (χ0v) is 13.2. The molecule has 1 aliphatic rings. The fraction of sp³-hybridized carbons (Fsp3) is 0.533. The second-order valence-electron chi connectivity index (χ2n) is 5.54. The van der Waals surface area contributed by atoms with Gasteiger partial charge in [-0.25, -0.2) is 0 Å². The van der Waals surface area contributed by atoms with E-state index < -0.39 is 0 Å². The second kappa shape index (κ2) is 6.64. The van der Waals surface area contributed by atoms with Crippen molar-refractivity contribution in [1.29, 1.82) is 0 Å². The highest BCUT2D eigenvalue weighted by atomic mass is 79.9. The van der Waals surface area contributed by atoms with E-state index in [1.54, 1.807) is 0 Å². The van der Waals surface area contributed by atoms with Gasteiger partial charge in [-0.15, -0.1) is 0 Å². The Labute approximate surface area is 123 Å². The number of Topliss-reactive ketones (excluding diaryl/α,β-unsaturated/α-hetero) is 1. The highest BCUT2D eigenvalue weighted by molar-refractivity contribution is 9.10. The van der Waals surface area contributed by atoms with E-state index in [0.717, 1.165) is 23.1 Å². The molecular formula is C15H21BrN2O. The van der Waals surface area contributed by atoms with Gasteiger partial charge in [0.15, 0.2) is 5.78 Å². The van der Waals surface area contributed by atoms with Crippen LogP contribution in [0.1, 0.15) is 16.8 Å². The summed E-state index contributed by atoms with van der Waals surface area (Å²) in [4.78, 5) is 16.6. The number of benzene rings is 1. The van der Waals surface area contributed by atoms with Gasteiger partial charge in [-0.3, -0.25) is 9.69 Å². The molecule has 1 fully saturated rings. The number of likely N-dealkylation sites (tertiary alicyclic amines) is 1. The lowest BCUT2D eigenvalue weighted by atomic mass is 10.1. The number of hydrogen-bond donors (Lipinski definition) is 0. The Morgan fingerprint density at radius 2 is 2.11 bits per heavy atom. The SMILES string of the molecule is CN1CCC(CN(C)CC(=O)c2ccc(Br)cc2)C1. The first kappa shape index (κ1) is 14.7. The van der Waals surface area contributed by atoms with Crippen LogP contribution in [0, 0.1) is 5.92 Å². The molecule has 0 saturated carbocycles. The minimum absolute atomic E-state index is 0.196. The number of carbonyl (C=O) groups excluding carboxylic acids is 1. The Morgan fingerprint density at radius 1 is 1.42 bits per heavy atom. The van der Waals surface area contributed by atoms with Crippen LogP contribution < -0.4 is 0 Å². The molecule has 0 bridgehead atoms. The standard InChI is InChI=1S/C15H21BrN2O/c1-17-8-7-12(9-17)10-18(2)11-15(19)13-3-5-14(16)6-4-13/h3-6,12H,7-11H2,1-2H3. The Bertz CT molecular complexity index is 432. The smallest absolute Gasteiger partial charge is 0.176 e. The quantitative estimate of drug-likeness (QED) is 0.777. The van der Waals surface area contributed by atoms with Crippen molar-refractivity contribution in [1.82, 2.24) is 9.80 Å². The van der Waals surface area contributed by atoms with Crippen LogP contribution in [0.4, 0.5) is 0 Å². The van der Waals surface area contributed by atoms with E-state index in [-0.39, 0.29) is 5.78 Å². The summed E-state index contributed by atoms with van der Waals surface area (Å²) in [6.07, 6.45) is 1.24. The molecule has 0 aliphatic carbocycles. The normalized spacial score (nSPS) is 20.1. The van der Waals surface area contributed by atoms with Crippen molar-refractivity contribution in [2.45, 2.75) is 6.42 Å². The van der Waals surface area contributed by atoms with Gasteiger partial charge < -0.3 is 4.90 Å². The number of nitrogens with zero attached hydrogens (tertiary/aromatic N) is 2. The van der Waals surface area contributed by atoms with Gasteiger partial charge >= 0.3 is 0 Å². The third kappa shape index (κ3) is 4.41. The molecule has 1 aromatic carbocycles. The zero-order chi connectivity index (χ0) is 13.8. The Hall–Kier alpha value is -0.710. The number of carbonyl (C=O) groups is 1. The lowest BCUT2D eigenvalue weighted by Crippen LogP contribution is -2.31. The summed E-state index contributed by atoms with van der Waals surface area (Å²) in [6.45, 7) is 3.84. The molecule has 4 heteroatoms. The molecule has 0 N–H and O–H groups in total. The average Bonchev–Trinajstić information content (AvgIpc) is 2.75. The highest BCUT2D eigenvalue weighted by Gasteiger charge is 2.21. The molecule has 1 saturated heterocycles. The molecular weight excluding hydrogens is 304 g/mol. The fourth-order valence-electron chi connectivity index (χ4n) is 2.65. The van der Waals surface area contributed by atoms with E-state index in [1.807, 2.05) is 31.3 Å². The number of halogens is 1. The van der Waals surface area contributed by atoms with E-state index in [4.69, 9.17) is 0 Å². The third-order valence-electron chi connectivity index (χ3n) is 3.64. The van der Waals surface area contributed by atoms with Crippen LogP contribution in [-0.2, 0) is 0 Å². The molecule has 1 aliphatic heterocycles. The summed E-state index contributed by atoms with van der Waals surface area (Å²) < 4.78 is 1.01. The van der Waals surface area contributed by atoms with E-state index in [1.165, 1.54) is 13.0 Å². The first-order valence-electron chi connectivity index (χ1n) is 6.70. The van der Waals surface area contributed by atoms with E-state index in [2.05, 4.69) is 32.8 Å². The Morgan fingerprint density at radius 3 is 2.68 bits per heavy atom. The Kier molecular flexibility index (Phi) is 5.13. The van der Waals surface area contributed by atoms with E-state index >= 15 is 0 Å². The molecule has 0 amide bonds. The van der Waals surface area contributed by atoms with E-state index in [9.17, 15) is 4.79 Å². The molecule has 104 valence electrons. The topological polar surface area (TPSA) is 23.6 Å². The molecule has 0 spiro atoms. The van der Waals surface area contributed by atoms with Crippen molar-refractivity contribution in [2.24, 2.45) is 5.92 Å². The summed E-state index contributed by atoms with van der Waals surface area (Å²) in [5.74, 6) is 0.897. The molecule has 1 atom stereocenters.